The van der Waals surface area contributed by atoms with E-state index in [-0.39, 0.29) is 11.9 Å². The normalized spacial score (nSPS) is 13.8. The van der Waals surface area contributed by atoms with Gasteiger partial charge < -0.3 is 15.4 Å². The van der Waals surface area contributed by atoms with Crippen molar-refractivity contribution in [2.24, 2.45) is 0 Å². The summed E-state index contributed by atoms with van der Waals surface area (Å²) in [6.07, 6.45) is 3.11. The molecule has 20 heavy (non-hydrogen) atoms. The molecule has 1 aromatic carbocycles. The number of benzene rings is 1. The minimum absolute atomic E-state index is 0.0711. The molecule has 0 spiro atoms. The number of carbonyl (C=O) groups is 2. The maximum atomic E-state index is 11.6. The molecular weight excluding hydrogens is 256 g/mol. The molecule has 108 valence electrons. The third-order valence-corrected chi connectivity index (χ3v) is 2.97. The molecule has 2 N–H and O–H groups in total. The van der Waals surface area contributed by atoms with Crippen LogP contribution in [0.4, 0.5) is 5.69 Å². The highest BCUT2D eigenvalue weighted by Crippen LogP contribution is 2.18. The van der Waals surface area contributed by atoms with Crippen molar-refractivity contribution >= 4 is 17.6 Å². The molecule has 0 atom stereocenters. The Morgan fingerprint density at radius 1 is 1.25 bits per heavy atom. The summed E-state index contributed by atoms with van der Waals surface area (Å²) in [5, 5.41) is 5.92. The van der Waals surface area contributed by atoms with Crippen LogP contribution in [0.1, 0.15) is 36.5 Å². The van der Waals surface area contributed by atoms with Crippen molar-refractivity contribution in [2.45, 2.75) is 32.2 Å². The van der Waals surface area contributed by atoms with Crippen molar-refractivity contribution in [3.63, 3.8) is 0 Å². The van der Waals surface area contributed by atoms with E-state index in [1.807, 2.05) is 6.92 Å². The van der Waals surface area contributed by atoms with Crippen LogP contribution in [0.5, 0.6) is 0 Å². The van der Waals surface area contributed by atoms with Crippen molar-refractivity contribution in [1.29, 1.82) is 0 Å². The molecule has 1 saturated carbocycles. The largest absolute Gasteiger partial charge is 0.462 e. The van der Waals surface area contributed by atoms with Gasteiger partial charge in [0.25, 0.3) is 0 Å². The minimum Gasteiger partial charge on any atom is -0.462 e. The van der Waals surface area contributed by atoms with Crippen LogP contribution in [-0.2, 0) is 9.53 Å². The Labute approximate surface area is 118 Å². The van der Waals surface area contributed by atoms with Gasteiger partial charge in [-0.05, 0) is 43.5 Å². The van der Waals surface area contributed by atoms with Crippen LogP contribution in [0, 0.1) is 0 Å². The van der Waals surface area contributed by atoms with Gasteiger partial charge in [-0.2, -0.15) is 0 Å². The molecule has 1 aromatic rings. The fraction of sp³-hybridized carbons (Fsp3) is 0.467. The van der Waals surface area contributed by atoms with Crippen LogP contribution in [0.3, 0.4) is 0 Å². The van der Waals surface area contributed by atoms with Gasteiger partial charge in [-0.25, -0.2) is 4.79 Å². The molecule has 5 heteroatoms. The first-order chi connectivity index (χ1) is 9.69. The van der Waals surface area contributed by atoms with Gasteiger partial charge in [0.2, 0.25) is 5.91 Å². The average Bonchev–Trinajstić information content (AvgIpc) is 3.27. The lowest BCUT2D eigenvalue weighted by molar-refractivity contribution is -0.115. The SMILES string of the molecule is CCCOC(=O)c1ccc(NC(=O)CNC2CC2)cc1. The zero-order valence-electron chi connectivity index (χ0n) is 11.6. The van der Waals surface area contributed by atoms with E-state index in [0.717, 1.165) is 19.3 Å². The highest BCUT2D eigenvalue weighted by molar-refractivity contribution is 5.94. The van der Waals surface area contributed by atoms with E-state index < -0.39 is 0 Å². The smallest absolute Gasteiger partial charge is 0.338 e. The van der Waals surface area contributed by atoms with Crippen LogP contribution in [0.2, 0.25) is 0 Å². The Hall–Kier alpha value is -1.88. The first-order valence-corrected chi connectivity index (χ1v) is 6.99. The lowest BCUT2D eigenvalue weighted by Gasteiger charge is -2.07. The molecule has 5 nitrogen and oxygen atoms in total. The average molecular weight is 276 g/mol. The van der Waals surface area contributed by atoms with Crippen molar-refractivity contribution in [3.8, 4) is 0 Å². The van der Waals surface area contributed by atoms with E-state index in [1.165, 1.54) is 0 Å². The fourth-order valence-corrected chi connectivity index (χ4v) is 1.70. The van der Waals surface area contributed by atoms with Crippen LogP contribution < -0.4 is 10.6 Å². The number of nitrogens with one attached hydrogen (secondary N) is 2. The van der Waals surface area contributed by atoms with E-state index in [4.69, 9.17) is 4.74 Å². The zero-order valence-corrected chi connectivity index (χ0v) is 11.6. The van der Waals surface area contributed by atoms with Crippen molar-refractivity contribution < 1.29 is 14.3 Å². The fourth-order valence-electron chi connectivity index (χ4n) is 1.70. The predicted molar refractivity (Wildman–Crippen MR) is 76.7 cm³/mol. The highest BCUT2D eigenvalue weighted by atomic mass is 16.5. The molecule has 0 radical (unpaired) electrons. The third kappa shape index (κ3) is 4.66. The summed E-state index contributed by atoms with van der Waals surface area (Å²) in [7, 11) is 0. The second-order valence-electron chi connectivity index (χ2n) is 4.92. The molecule has 2 rings (SSSR count). The van der Waals surface area contributed by atoms with Gasteiger partial charge in [-0.15, -0.1) is 0 Å². The second kappa shape index (κ2) is 7.05. The van der Waals surface area contributed by atoms with Gasteiger partial charge in [0.15, 0.2) is 0 Å². The summed E-state index contributed by atoms with van der Waals surface area (Å²) in [4.78, 5) is 23.2. The van der Waals surface area contributed by atoms with Gasteiger partial charge in [0, 0.05) is 11.7 Å². The van der Waals surface area contributed by atoms with Crippen LogP contribution >= 0.6 is 0 Å². The Morgan fingerprint density at radius 2 is 1.95 bits per heavy atom. The monoisotopic (exact) mass is 276 g/mol. The Balaban J connectivity index is 1.80. The van der Waals surface area contributed by atoms with Gasteiger partial charge in [0.05, 0.1) is 18.7 Å². The molecule has 1 amide bonds. The number of ether oxygens (including phenoxy) is 1. The molecule has 0 unspecified atom stereocenters. The topological polar surface area (TPSA) is 67.4 Å². The lowest BCUT2D eigenvalue weighted by atomic mass is 10.2. The Bertz CT molecular complexity index is 467. The number of amides is 1. The Kier molecular flexibility index (Phi) is 5.12. The standard InChI is InChI=1S/C15H20N2O3/c1-2-9-20-15(19)11-3-5-13(6-4-11)17-14(18)10-16-12-7-8-12/h3-6,12,16H,2,7-10H2,1H3,(H,17,18). The summed E-state index contributed by atoms with van der Waals surface area (Å²) < 4.78 is 5.03. The van der Waals surface area contributed by atoms with Crippen molar-refractivity contribution in [3.05, 3.63) is 29.8 Å². The highest BCUT2D eigenvalue weighted by Gasteiger charge is 2.21. The minimum atomic E-state index is -0.333. The summed E-state index contributed by atoms with van der Waals surface area (Å²) in [6.45, 7) is 2.69. The van der Waals surface area contributed by atoms with Gasteiger partial charge >= 0.3 is 5.97 Å². The molecular formula is C15H20N2O3. The molecule has 1 fully saturated rings. The summed E-state index contributed by atoms with van der Waals surface area (Å²) in [6, 6.07) is 7.23. The van der Waals surface area contributed by atoms with E-state index in [0.29, 0.717) is 30.4 Å². The predicted octanol–water partition coefficient (Wildman–Crippen LogP) is 1.94. The number of anilines is 1. The summed E-state index contributed by atoms with van der Waals surface area (Å²) in [5.74, 6) is -0.404. The van der Waals surface area contributed by atoms with E-state index in [9.17, 15) is 9.59 Å². The quantitative estimate of drug-likeness (QED) is 0.747. The second-order valence-corrected chi connectivity index (χ2v) is 4.92. The number of carbonyl (C=O) groups excluding carboxylic acids is 2. The number of hydrogen-bond donors (Lipinski definition) is 2. The Morgan fingerprint density at radius 3 is 2.55 bits per heavy atom. The lowest BCUT2D eigenvalue weighted by Crippen LogP contribution is -2.29. The first kappa shape index (κ1) is 14.5. The van der Waals surface area contributed by atoms with E-state index >= 15 is 0 Å². The van der Waals surface area contributed by atoms with Gasteiger partial charge in [-0.3, -0.25) is 4.79 Å². The molecule has 0 aromatic heterocycles. The van der Waals surface area contributed by atoms with E-state index in [2.05, 4.69) is 10.6 Å². The van der Waals surface area contributed by atoms with Crippen LogP contribution in [0.15, 0.2) is 24.3 Å². The first-order valence-electron chi connectivity index (χ1n) is 6.99. The number of hydrogen-bond acceptors (Lipinski definition) is 4. The van der Waals surface area contributed by atoms with E-state index in [1.54, 1.807) is 24.3 Å². The summed E-state index contributed by atoms with van der Waals surface area (Å²) >= 11 is 0. The maximum Gasteiger partial charge on any atom is 0.338 e. The van der Waals surface area contributed by atoms with Crippen molar-refractivity contribution in [1.82, 2.24) is 5.32 Å². The van der Waals surface area contributed by atoms with Gasteiger partial charge in [0.1, 0.15) is 0 Å². The number of esters is 1. The van der Waals surface area contributed by atoms with Crippen LogP contribution in [0.25, 0.3) is 0 Å². The van der Waals surface area contributed by atoms with Crippen molar-refractivity contribution in [2.75, 3.05) is 18.5 Å². The maximum absolute atomic E-state index is 11.6. The molecule has 0 bridgehead atoms. The molecule has 0 heterocycles. The van der Waals surface area contributed by atoms with Crippen LogP contribution in [-0.4, -0.2) is 31.1 Å². The summed E-state index contributed by atoms with van der Waals surface area (Å²) in [5.41, 5.74) is 1.17. The zero-order chi connectivity index (χ0) is 14.4. The third-order valence-electron chi connectivity index (χ3n) is 2.97. The molecule has 0 aliphatic heterocycles. The van der Waals surface area contributed by atoms with Gasteiger partial charge in [-0.1, -0.05) is 6.92 Å². The molecule has 1 aliphatic rings. The molecule has 1 aliphatic carbocycles. The molecule has 0 saturated heterocycles. The number of rotatable bonds is 7.